The lowest BCUT2D eigenvalue weighted by atomic mass is 9.71. The second kappa shape index (κ2) is 5.36. The first kappa shape index (κ1) is 14.4. The first-order chi connectivity index (χ1) is 9.54. The Morgan fingerprint density at radius 3 is 2.90 bits per heavy atom. The Balaban J connectivity index is 1.85. The largest absolute Gasteiger partial charge is 0.374 e. The summed E-state index contributed by atoms with van der Waals surface area (Å²) in [4.78, 5) is 0. The molecule has 0 aromatic heterocycles. The van der Waals surface area contributed by atoms with Crippen LogP contribution in [0.5, 0.6) is 0 Å². The predicted octanol–water partition coefficient (Wildman–Crippen LogP) is 3.47. The molecule has 0 amide bonds. The van der Waals surface area contributed by atoms with E-state index < -0.39 is 0 Å². The maximum atomic E-state index is 6.80. The highest BCUT2D eigenvalue weighted by molar-refractivity contribution is 7.99. The van der Waals surface area contributed by atoms with Gasteiger partial charge in [-0.1, -0.05) is 24.3 Å². The van der Waals surface area contributed by atoms with E-state index in [0.29, 0.717) is 5.92 Å². The molecule has 1 aromatic carbocycles. The first-order valence-electron chi connectivity index (χ1n) is 7.60. The van der Waals surface area contributed by atoms with Gasteiger partial charge in [-0.2, -0.15) is 11.8 Å². The van der Waals surface area contributed by atoms with Crippen molar-refractivity contribution < 1.29 is 4.74 Å². The lowest BCUT2D eigenvalue weighted by Crippen LogP contribution is -2.50. The molecule has 2 saturated heterocycles. The van der Waals surface area contributed by atoms with Gasteiger partial charge < -0.3 is 10.5 Å². The number of hydrogen-bond acceptors (Lipinski definition) is 3. The van der Waals surface area contributed by atoms with Gasteiger partial charge in [0.1, 0.15) is 0 Å². The summed E-state index contributed by atoms with van der Waals surface area (Å²) in [6, 6.07) is 8.56. The molecule has 3 unspecified atom stereocenters. The molecule has 0 saturated carbocycles. The predicted molar refractivity (Wildman–Crippen MR) is 86.1 cm³/mol. The molecule has 0 radical (unpaired) electrons. The van der Waals surface area contributed by atoms with Gasteiger partial charge >= 0.3 is 0 Å². The van der Waals surface area contributed by atoms with Gasteiger partial charge in [0.2, 0.25) is 0 Å². The van der Waals surface area contributed by atoms with Crippen molar-refractivity contribution >= 4 is 11.8 Å². The van der Waals surface area contributed by atoms with Gasteiger partial charge in [0.15, 0.2) is 0 Å². The summed E-state index contributed by atoms with van der Waals surface area (Å²) in [6.45, 7) is 5.24. The van der Waals surface area contributed by atoms with Gasteiger partial charge in [-0.05, 0) is 55.9 Å². The van der Waals surface area contributed by atoms with Crippen LogP contribution < -0.4 is 5.73 Å². The fourth-order valence-electron chi connectivity index (χ4n) is 3.80. The molecule has 2 nitrogen and oxygen atoms in total. The van der Waals surface area contributed by atoms with Gasteiger partial charge in [-0.3, -0.25) is 0 Å². The molecular formula is C17H25NOS. The summed E-state index contributed by atoms with van der Waals surface area (Å²) < 4.78 is 6.14. The van der Waals surface area contributed by atoms with Gasteiger partial charge in [-0.15, -0.1) is 0 Å². The normalized spacial score (nSPS) is 33.2. The SMILES string of the molecule is Cc1ccccc1C(C)(N)C1CCOC2(CCSC2)C1. The van der Waals surface area contributed by atoms with E-state index in [2.05, 4.69) is 38.1 Å². The van der Waals surface area contributed by atoms with Crippen molar-refractivity contribution in [2.24, 2.45) is 11.7 Å². The van der Waals surface area contributed by atoms with Crippen molar-refractivity contribution in [3.63, 3.8) is 0 Å². The van der Waals surface area contributed by atoms with Crippen molar-refractivity contribution in [2.45, 2.75) is 44.2 Å². The molecule has 1 aromatic rings. The molecule has 0 aliphatic carbocycles. The van der Waals surface area contributed by atoms with Crippen LogP contribution in [0.3, 0.4) is 0 Å². The Hall–Kier alpha value is -0.510. The van der Waals surface area contributed by atoms with Crippen LogP contribution in [0, 0.1) is 12.8 Å². The summed E-state index contributed by atoms with van der Waals surface area (Å²) in [5.41, 5.74) is 9.26. The van der Waals surface area contributed by atoms with E-state index >= 15 is 0 Å². The molecule has 1 spiro atoms. The summed E-state index contributed by atoms with van der Waals surface area (Å²) >= 11 is 2.03. The van der Waals surface area contributed by atoms with Crippen LogP contribution in [-0.4, -0.2) is 23.7 Å². The van der Waals surface area contributed by atoms with E-state index in [9.17, 15) is 0 Å². The molecule has 3 heteroatoms. The number of aryl methyl sites for hydroxylation is 1. The number of benzene rings is 1. The third kappa shape index (κ3) is 2.51. The average Bonchev–Trinajstić information content (AvgIpc) is 2.87. The second-order valence-electron chi connectivity index (χ2n) is 6.62. The minimum Gasteiger partial charge on any atom is -0.374 e. The maximum absolute atomic E-state index is 6.80. The number of hydrogen-bond donors (Lipinski definition) is 1. The van der Waals surface area contributed by atoms with Crippen molar-refractivity contribution in [3.8, 4) is 0 Å². The maximum Gasteiger partial charge on any atom is 0.0783 e. The highest BCUT2D eigenvalue weighted by Crippen LogP contribution is 2.45. The molecule has 2 N–H and O–H groups in total. The van der Waals surface area contributed by atoms with Gasteiger partial charge in [0.25, 0.3) is 0 Å². The number of thioether (sulfide) groups is 1. The van der Waals surface area contributed by atoms with Crippen LogP contribution in [0.1, 0.15) is 37.3 Å². The zero-order chi connectivity index (χ0) is 14.2. The van der Waals surface area contributed by atoms with Crippen molar-refractivity contribution in [1.82, 2.24) is 0 Å². The smallest absolute Gasteiger partial charge is 0.0783 e. The molecule has 20 heavy (non-hydrogen) atoms. The van der Waals surface area contributed by atoms with E-state index in [-0.39, 0.29) is 11.1 Å². The molecule has 2 aliphatic rings. The van der Waals surface area contributed by atoms with E-state index in [1.54, 1.807) is 0 Å². The molecule has 3 rings (SSSR count). The van der Waals surface area contributed by atoms with Crippen molar-refractivity contribution in [2.75, 3.05) is 18.1 Å². The highest BCUT2D eigenvalue weighted by Gasteiger charge is 2.45. The molecular weight excluding hydrogens is 266 g/mol. The van der Waals surface area contributed by atoms with Gasteiger partial charge in [0.05, 0.1) is 5.60 Å². The minimum atomic E-state index is -0.255. The highest BCUT2D eigenvalue weighted by atomic mass is 32.2. The third-order valence-electron chi connectivity index (χ3n) is 5.13. The van der Waals surface area contributed by atoms with Crippen LogP contribution in [0.4, 0.5) is 0 Å². The van der Waals surface area contributed by atoms with Crippen molar-refractivity contribution in [1.29, 1.82) is 0 Å². The average molecular weight is 291 g/mol. The standard InChI is InChI=1S/C17H25NOS/c1-13-5-3-4-6-15(13)16(2,18)14-7-9-19-17(11-14)8-10-20-12-17/h3-6,14H,7-12,18H2,1-2H3. The van der Waals surface area contributed by atoms with Gasteiger partial charge in [-0.25, -0.2) is 0 Å². The zero-order valence-electron chi connectivity index (χ0n) is 12.5. The molecule has 0 bridgehead atoms. The Morgan fingerprint density at radius 1 is 1.40 bits per heavy atom. The van der Waals surface area contributed by atoms with Crippen LogP contribution in [0.2, 0.25) is 0 Å². The summed E-state index contributed by atoms with van der Waals surface area (Å²) in [5.74, 6) is 2.89. The number of nitrogens with two attached hydrogens (primary N) is 1. The van der Waals surface area contributed by atoms with Crippen LogP contribution in [-0.2, 0) is 10.3 Å². The quantitative estimate of drug-likeness (QED) is 0.906. The first-order valence-corrected chi connectivity index (χ1v) is 8.76. The van der Waals surface area contributed by atoms with Crippen LogP contribution in [0.25, 0.3) is 0 Å². The Kier molecular flexibility index (Phi) is 3.87. The summed E-state index contributed by atoms with van der Waals surface area (Å²) in [6.07, 6.45) is 3.38. The van der Waals surface area contributed by atoms with Crippen LogP contribution in [0.15, 0.2) is 24.3 Å². The number of ether oxygens (including phenoxy) is 1. The topological polar surface area (TPSA) is 35.2 Å². The lowest BCUT2D eigenvalue weighted by Gasteiger charge is -2.45. The minimum absolute atomic E-state index is 0.108. The van der Waals surface area contributed by atoms with E-state index in [1.807, 2.05) is 11.8 Å². The molecule has 2 aliphatic heterocycles. The summed E-state index contributed by atoms with van der Waals surface area (Å²) in [7, 11) is 0. The Bertz CT molecular complexity index is 480. The fraction of sp³-hybridized carbons (Fsp3) is 0.647. The monoisotopic (exact) mass is 291 g/mol. The van der Waals surface area contributed by atoms with E-state index in [0.717, 1.165) is 25.2 Å². The number of rotatable bonds is 2. The Morgan fingerprint density at radius 2 is 2.20 bits per heavy atom. The third-order valence-corrected chi connectivity index (χ3v) is 6.36. The van der Waals surface area contributed by atoms with E-state index in [1.165, 1.54) is 23.3 Å². The zero-order valence-corrected chi connectivity index (χ0v) is 13.3. The summed E-state index contributed by atoms with van der Waals surface area (Å²) in [5, 5.41) is 0. The van der Waals surface area contributed by atoms with Gasteiger partial charge in [0, 0.05) is 17.9 Å². The molecule has 110 valence electrons. The molecule has 3 atom stereocenters. The molecule has 2 heterocycles. The fourth-order valence-corrected chi connectivity index (χ4v) is 5.18. The molecule has 2 fully saturated rings. The Labute approximate surface area is 126 Å². The van der Waals surface area contributed by atoms with E-state index in [4.69, 9.17) is 10.5 Å². The lowest BCUT2D eigenvalue weighted by molar-refractivity contribution is -0.0917. The van der Waals surface area contributed by atoms with Crippen molar-refractivity contribution in [3.05, 3.63) is 35.4 Å². The van der Waals surface area contributed by atoms with Crippen LogP contribution >= 0.6 is 11.8 Å². The second-order valence-corrected chi connectivity index (χ2v) is 7.73.